The van der Waals surface area contributed by atoms with E-state index in [2.05, 4.69) is 11.9 Å². The largest absolute Gasteiger partial charge is 0.384 e. The number of unbranched alkanes of at least 4 members (excludes halogenated alkanes) is 4. The third-order valence-corrected chi connectivity index (χ3v) is 2.71. The first-order chi connectivity index (χ1) is 8.20. The molecule has 0 spiro atoms. The Morgan fingerprint density at radius 2 is 2.12 bits per heavy atom. The van der Waals surface area contributed by atoms with Crippen LogP contribution in [0.3, 0.4) is 0 Å². The molecular formula is C12H18N4O. The summed E-state index contributed by atoms with van der Waals surface area (Å²) in [5.74, 6) is 0.225. The number of aromatic nitrogens is 2. The molecule has 1 aromatic heterocycles. The summed E-state index contributed by atoms with van der Waals surface area (Å²) in [4.78, 5) is 15.1. The van der Waals surface area contributed by atoms with E-state index < -0.39 is 0 Å². The second-order valence-electron chi connectivity index (χ2n) is 4.02. The maximum atomic E-state index is 11.5. The second kappa shape index (κ2) is 6.69. The normalized spacial score (nSPS) is 10.1. The Morgan fingerprint density at radius 3 is 2.76 bits per heavy atom. The molecule has 0 aliphatic rings. The molecule has 17 heavy (non-hydrogen) atoms. The van der Waals surface area contributed by atoms with Gasteiger partial charge >= 0.3 is 5.69 Å². The molecule has 1 aromatic rings. The summed E-state index contributed by atoms with van der Waals surface area (Å²) in [5.41, 5.74) is 5.62. The van der Waals surface area contributed by atoms with E-state index in [1.54, 1.807) is 0 Å². The molecule has 0 radical (unpaired) electrons. The fourth-order valence-corrected chi connectivity index (χ4v) is 1.68. The van der Waals surface area contributed by atoms with Crippen molar-refractivity contribution in [1.29, 1.82) is 5.26 Å². The van der Waals surface area contributed by atoms with E-state index in [9.17, 15) is 4.79 Å². The van der Waals surface area contributed by atoms with Crippen molar-refractivity contribution in [3.63, 3.8) is 0 Å². The van der Waals surface area contributed by atoms with Crippen LogP contribution in [-0.2, 0) is 6.54 Å². The van der Waals surface area contributed by atoms with E-state index in [0.717, 1.165) is 19.3 Å². The lowest BCUT2D eigenvalue weighted by Crippen LogP contribution is -2.26. The average molecular weight is 234 g/mol. The van der Waals surface area contributed by atoms with Gasteiger partial charge < -0.3 is 5.73 Å². The number of rotatable bonds is 6. The highest BCUT2D eigenvalue weighted by atomic mass is 16.1. The molecule has 5 nitrogen and oxygen atoms in total. The number of nitrogens with zero attached hydrogens (tertiary/aromatic N) is 3. The summed E-state index contributed by atoms with van der Waals surface area (Å²) in [5, 5.41) is 8.79. The number of anilines is 1. The first-order valence-electron chi connectivity index (χ1n) is 5.96. The van der Waals surface area contributed by atoms with Crippen molar-refractivity contribution in [3.05, 3.63) is 22.2 Å². The average Bonchev–Trinajstić information content (AvgIpc) is 2.33. The maximum Gasteiger partial charge on any atom is 0.349 e. The van der Waals surface area contributed by atoms with Gasteiger partial charge in [-0.2, -0.15) is 5.26 Å². The molecule has 0 aliphatic heterocycles. The molecule has 0 amide bonds. The Labute approximate surface area is 101 Å². The Bertz CT molecular complexity index is 459. The highest BCUT2D eigenvalue weighted by Crippen LogP contribution is 2.08. The fourth-order valence-electron chi connectivity index (χ4n) is 1.68. The van der Waals surface area contributed by atoms with Crippen LogP contribution in [0.2, 0.25) is 0 Å². The highest BCUT2D eigenvalue weighted by Gasteiger charge is 2.06. The van der Waals surface area contributed by atoms with Gasteiger partial charge in [0.25, 0.3) is 0 Å². The predicted octanol–water partition coefficient (Wildman–Crippen LogP) is 1.67. The molecule has 0 saturated carbocycles. The van der Waals surface area contributed by atoms with Crippen LogP contribution in [0.25, 0.3) is 0 Å². The van der Waals surface area contributed by atoms with E-state index in [1.165, 1.54) is 23.6 Å². The number of hydrogen-bond acceptors (Lipinski definition) is 4. The lowest BCUT2D eigenvalue weighted by atomic mass is 10.1. The Kier molecular flexibility index (Phi) is 5.21. The SMILES string of the molecule is CCCCCCCn1c(N)c(C#N)cnc1=O. The summed E-state index contributed by atoms with van der Waals surface area (Å²) in [7, 11) is 0. The van der Waals surface area contributed by atoms with Gasteiger partial charge in [0.1, 0.15) is 17.5 Å². The maximum absolute atomic E-state index is 11.5. The van der Waals surface area contributed by atoms with Crippen LogP contribution in [0.4, 0.5) is 5.82 Å². The molecule has 1 heterocycles. The zero-order valence-electron chi connectivity index (χ0n) is 10.1. The van der Waals surface area contributed by atoms with Gasteiger partial charge in [-0.25, -0.2) is 9.78 Å². The van der Waals surface area contributed by atoms with Crippen LogP contribution in [0, 0.1) is 11.3 Å². The van der Waals surface area contributed by atoms with Crippen LogP contribution < -0.4 is 11.4 Å². The minimum Gasteiger partial charge on any atom is -0.384 e. The third kappa shape index (κ3) is 3.59. The van der Waals surface area contributed by atoms with Gasteiger partial charge in [-0.3, -0.25) is 4.57 Å². The molecular weight excluding hydrogens is 216 g/mol. The van der Waals surface area contributed by atoms with E-state index in [4.69, 9.17) is 11.0 Å². The van der Waals surface area contributed by atoms with Crippen LogP contribution in [0.5, 0.6) is 0 Å². The third-order valence-electron chi connectivity index (χ3n) is 2.71. The molecule has 2 N–H and O–H groups in total. The van der Waals surface area contributed by atoms with Gasteiger partial charge in [-0.1, -0.05) is 32.6 Å². The first kappa shape index (κ1) is 13.2. The number of hydrogen-bond donors (Lipinski definition) is 1. The Morgan fingerprint density at radius 1 is 1.41 bits per heavy atom. The summed E-state index contributed by atoms with van der Waals surface area (Å²) < 4.78 is 1.38. The van der Waals surface area contributed by atoms with Crippen molar-refractivity contribution in [2.45, 2.75) is 45.6 Å². The molecule has 0 bridgehead atoms. The van der Waals surface area contributed by atoms with Gasteiger partial charge in [0.15, 0.2) is 0 Å². The molecule has 92 valence electrons. The van der Waals surface area contributed by atoms with Crippen LogP contribution in [0.1, 0.15) is 44.6 Å². The monoisotopic (exact) mass is 234 g/mol. The van der Waals surface area contributed by atoms with Crippen molar-refractivity contribution in [2.75, 3.05) is 5.73 Å². The van der Waals surface area contributed by atoms with Crippen LogP contribution in [0.15, 0.2) is 11.0 Å². The first-order valence-corrected chi connectivity index (χ1v) is 5.96. The fraction of sp³-hybridized carbons (Fsp3) is 0.583. The Hall–Kier alpha value is -1.83. The number of nitrogen functional groups attached to an aromatic ring is 1. The zero-order chi connectivity index (χ0) is 12.7. The smallest absolute Gasteiger partial charge is 0.349 e. The summed E-state index contributed by atoms with van der Waals surface area (Å²) in [6.45, 7) is 2.69. The molecule has 0 aromatic carbocycles. The molecule has 0 saturated heterocycles. The van der Waals surface area contributed by atoms with Gasteiger partial charge in [0.2, 0.25) is 0 Å². The molecule has 0 fully saturated rings. The quantitative estimate of drug-likeness (QED) is 0.759. The number of nitrogens with two attached hydrogens (primary N) is 1. The van der Waals surface area contributed by atoms with E-state index in [-0.39, 0.29) is 17.1 Å². The molecule has 0 unspecified atom stereocenters. The summed E-state index contributed by atoms with van der Waals surface area (Å²) in [6.07, 6.45) is 6.74. The van der Waals surface area contributed by atoms with Crippen molar-refractivity contribution < 1.29 is 0 Å². The van der Waals surface area contributed by atoms with Gasteiger partial charge in [-0.15, -0.1) is 0 Å². The van der Waals surface area contributed by atoms with Crippen molar-refractivity contribution in [3.8, 4) is 6.07 Å². The van der Waals surface area contributed by atoms with Gasteiger partial charge in [0, 0.05) is 6.54 Å². The topological polar surface area (TPSA) is 84.7 Å². The van der Waals surface area contributed by atoms with Crippen molar-refractivity contribution in [2.24, 2.45) is 0 Å². The van der Waals surface area contributed by atoms with E-state index >= 15 is 0 Å². The van der Waals surface area contributed by atoms with Crippen LogP contribution in [-0.4, -0.2) is 9.55 Å². The Balaban J connectivity index is 2.65. The lowest BCUT2D eigenvalue weighted by molar-refractivity contribution is 0.555. The minimum atomic E-state index is -0.378. The van der Waals surface area contributed by atoms with Crippen molar-refractivity contribution >= 4 is 5.82 Å². The van der Waals surface area contributed by atoms with E-state index in [1.807, 2.05) is 6.07 Å². The van der Waals surface area contributed by atoms with E-state index in [0.29, 0.717) is 6.54 Å². The van der Waals surface area contributed by atoms with Crippen LogP contribution >= 0.6 is 0 Å². The van der Waals surface area contributed by atoms with Crippen molar-refractivity contribution in [1.82, 2.24) is 9.55 Å². The molecule has 0 aliphatic carbocycles. The standard InChI is InChI=1S/C12H18N4O/c1-2-3-4-5-6-7-16-11(14)10(8-13)9-15-12(16)17/h9H,2-7,14H2,1H3. The second-order valence-corrected chi connectivity index (χ2v) is 4.02. The number of nitriles is 1. The lowest BCUT2D eigenvalue weighted by Gasteiger charge is -2.09. The predicted molar refractivity (Wildman–Crippen MR) is 66.4 cm³/mol. The molecule has 0 atom stereocenters. The summed E-state index contributed by atoms with van der Waals surface area (Å²) >= 11 is 0. The minimum absolute atomic E-state index is 0.225. The summed E-state index contributed by atoms with van der Waals surface area (Å²) in [6, 6.07) is 1.93. The molecule has 1 rings (SSSR count). The van der Waals surface area contributed by atoms with Gasteiger partial charge in [-0.05, 0) is 6.42 Å². The van der Waals surface area contributed by atoms with Gasteiger partial charge in [0.05, 0.1) is 6.20 Å². The highest BCUT2D eigenvalue weighted by molar-refractivity contribution is 5.46. The molecule has 5 heteroatoms. The zero-order valence-corrected chi connectivity index (χ0v) is 10.1.